The van der Waals surface area contributed by atoms with Crippen molar-refractivity contribution in [2.24, 2.45) is 22.7 Å². The third kappa shape index (κ3) is 3.94. The first-order valence-corrected chi connectivity index (χ1v) is 10.1. The molecular weight excluding hydrogens is 276 g/mol. The van der Waals surface area contributed by atoms with Crippen LogP contribution in [0.5, 0.6) is 0 Å². The van der Waals surface area contributed by atoms with Crippen molar-refractivity contribution in [3.05, 3.63) is 22.8 Å². The first-order chi connectivity index (χ1) is 10.7. The highest BCUT2D eigenvalue weighted by atomic mass is 14.5. The van der Waals surface area contributed by atoms with Crippen LogP contribution >= 0.6 is 0 Å². The molecule has 0 aromatic carbocycles. The van der Waals surface area contributed by atoms with E-state index in [1.54, 1.807) is 16.7 Å². The van der Waals surface area contributed by atoms with E-state index in [0.29, 0.717) is 16.7 Å². The molecular formula is C23H42. The Morgan fingerprint density at radius 1 is 1.22 bits per heavy atom. The minimum absolute atomic E-state index is 0.449. The van der Waals surface area contributed by atoms with Gasteiger partial charge in [-0.25, -0.2) is 0 Å². The number of allylic oxidation sites excluding steroid dienone is 4. The number of hydrogen-bond acceptors (Lipinski definition) is 0. The summed E-state index contributed by atoms with van der Waals surface area (Å²) in [7, 11) is 0. The van der Waals surface area contributed by atoms with Crippen LogP contribution in [0.3, 0.4) is 0 Å². The van der Waals surface area contributed by atoms with Crippen LogP contribution in [-0.2, 0) is 0 Å². The normalized spacial score (nSPS) is 34.9. The molecule has 3 unspecified atom stereocenters. The Labute approximate surface area is 146 Å². The Morgan fingerprint density at radius 3 is 2.35 bits per heavy atom. The van der Waals surface area contributed by atoms with E-state index in [-0.39, 0.29) is 0 Å². The summed E-state index contributed by atoms with van der Waals surface area (Å²) in [6, 6.07) is 0. The summed E-state index contributed by atoms with van der Waals surface area (Å²) in [4.78, 5) is 0. The van der Waals surface area contributed by atoms with Gasteiger partial charge < -0.3 is 0 Å². The summed E-state index contributed by atoms with van der Waals surface area (Å²) in [5.41, 5.74) is 5.92. The largest absolute Gasteiger partial charge is 0.0705 e. The van der Waals surface area contributed by atoms with Crippen molar-refractivity contribution in [2.75, 3.05) is 0 Å². The molecule has 1 fully saturated rings. The van der Waals surface area contributed by atoms with E-state index in [0.717, 1.165) is 5.92 Å². The lowest BCUT2D eigenvalue weighted by atomic mass is 9.49. The molecule has 0 aliphatic heterocycles. The average molecular weight is 319 g/mol. The fourth-order valence-electron chi connectivity index (χ4n) is 4.99. The van der Waals surface area contributed by atoms with Gasteiger partial charge in [0, 0.05) is 0 Å². The summed E-state index contributed by atoms with van der Waals surface area (Å²) in [5, 5.41) is 0. The Hall–Kier alpha value is -0.520. The topological polar surface area (TPSA) is 0 Å². The fraction of sp³-hybridized carbons (Fsp3) is 0.826. The van der Waals surface area contributed by atoms with Gasteiger partial charge in [-0.15, -0.1) is 0 Å². The zero-order valence-corrected chi connectivity index (χ0v) is 17.5. The van der Waals surface area contributed by atoms with Crippen LogP contribution in [0.2, 0.25) is 0 Å². The van der Waals surface area contributed by atoms with Gasteiger partial charge in [0.2, 0.25) is 0 Å². The van der Waals surface area contributed by atoms with E-state index < -0.39 is 0 Å². The van der Waals surface area contributed by atoms with Crippen LogP contribution in [0, 0.1) is 22.7 Å². The predicted molar refractivity (Wildman–Crippen MR) is 106 cm³/mol. The molecule has 1 saturated carbocycles. The summed E-state index contributed by atoms with van der Waals surface area (Å²) in [6.45, 7) is 20.9. The van der Waals surface area contributed by atoms with Gasteiger partial charge in [-0.2, -0.15) is 0 Å². The van der Waals surface area contributed by atoms with Crippen molar-refractivity contribution in [3.8, 4) is 0 Å². The molecule has 0 heterocycles. The van der Waals surface area contributed by atoms with Gasteiger partial charge in [-0.1, -0.05) is 78.5 Å². The highest BCUT2D eigenvalue weighted by Crippen LogP contribution is 2.60. The zero-order chi connectivity index (χ0) is 17.8. The molecule has 134 valence electrons. The van der Waals surface area contributed by atoms with E-state index in [4.69, 9.17) is 0 Å². The highest BCUT2D eigenvalue weighted by Gasteiger charge is 2.50. The van der Waals surface area contributed by atoms with Gasteiger partial charge in [0.15, 0.2) is 0 Å². The molecule has 0 N–H and O–H groups in total. The number of rotatable bonds is 3. The van der Waals surface area contributed by atoms with Gasteiger partial charge in [-0.05, 0) is 67.8 Å². The van der Waals surface area contributed by atoms with Crippen molar-refractivity contribution in [1.82, 2.24) is 0 Å². The van der Waals surface area contributed by atoms with Crippen LogP contribution in [0.1, 0.15) is 101 Å². The minimum atomic E-state index is 0.449. The maximum absolute atomic E-state index is 2.57. The van der Waals surface area contributed by atoms with Crippen LogP contribution in [0.25, 0.3) is 0 Å². The quantitative estimate of drug-likeness (QED) is 0.495. The predicted octanol–water partition coefficient (Wildman–Crippen LogP) is 7.95. The summed E-state index contributed by atoms with van der Waals surface area (Å²) in [6.07, 6.45) is 10.8. The van der Waals surface area contributed by atoms with Crippen LogP contribution in [-0.4, -0.2) is 0 Å². The number of hydrogen-bond donors (Lipinski definition) is 0. The van der Waals surface area contributed by atoms with E-state index in [1.165, 1.54) is 38.5 Å². The zero-order valence-electron chi connectivity index (χ0n) is 17.5. The van der Waals surface area contributed by atoms with Crippen LogP contribution in [0.4, 0.5) is 0 Å². The molecule has 2 rings (SSSR count). The van der Waals surface area contributed by atoms with Gasteiger partial charge in [-0.3, -0.25) is 0 Å². The monoisotopic (exact) mass is 318 g/mol. The molecule has 0 radical (unpaired) electrons. The Morgan fingerprint density at radius 2 is 1.83 bits per heavy atom. The molecule has 3 atom stereocenters. The van der Waals surface area contributed by atoms with Crippen LogP contribution in [0.15, 0.2) is 22.8 Å². The van der Waals surface area contributed by atoms with Crippen molar-refractivity contribution >= 4 is 0 Å². The molecule has 2 aliphatic rings. The molecule has 0 aromatic rings. The van der Waals surface area contributed by atoms with Crippen molar-refractivity contribution in [1.29, 1.82) is 0 Å². The average Bonchev–Trinajstić information content (AvgIpc) is 2.53. The molecule has 0 aromatic heterocycles. The fourth-order valence-corrected chi connectivity index (χ4v) is 4.99. The molecule has 0 heteroatoms. The van der Waals surface area contributed by atoms with Crippen molar-refractivity contribution < 1.29 is 0 Å². The molecule has 0 nitrogen and oxygen atoms in total. The van der Waals surface area contributed by atoms with Crippen molar-refractivity contribution in [3.63, 3.8) is 0 Å². The standard InChI is InChI=1S/C21H36.C2H6/c1-8-20(6)12-9-13-21(7)17(5)18(10-11-19(20)21)14-16(4)15(2)3;1-2/h14-15,19H,8-13H2,1-7H3;1-2H3/b16-14+;. The number of fused-ring (bicyclic) bond motifs is 1. The van der Waals surface area contributed by atoms with Gasteiger partial charge in [0.25, 0.3) is 0 Å². The minimum Gasteiger partial charge on any atom is -0.0705 e. The molecule has 0 bridgehead atoms. The second-order valence-corrected chi connectivity index (χ2v) is 8.56. The molecule has 2 aliphatic carbocycles. The molecule has 0 spiro atoms. The molecule has 0 saturated heterocycles. The summed E-state index contributed by atoms with van der Waals surface area (Å²) in [5.74, 6) is 1.56. The third-order valence-corrected chi connectivity index (χ3v) is 7.22. The molecule has 0 amide bonds. The van der Waals surface area contributed by atoms with Crippen molar-refractivity contribution in [2.45, 2.75) is 101 Å². The summed E-state index contributed by atoms with van der Waals surface area (Å²) >= 11 is 0. The summed E-state index contributed by atoms with van der Waals surface area (Å²) < 4.78 is 0. The smallest absolute Gasteiger partial charge is 0.00798 e. The lowest BCUT2D eigenvalue weighted by Crippen LogP contribution is -2.46. The van der Waals surface area contributed by atoms with Gasteiger partial charge in [0.05, 0.1) is 0 Å². The lowest BCUT2D eigenvalue weighted by Gasteiger charge is -2.55. The Bertz CT molecular complexity index is 451. The van der Waals surface area contributed by atoms with E-state index >= 15 is 0 Å². The molecule has 23 heavy (non-hydrogen) atoms. The van der Waals surface area contributed by atoms with Gasteiger partial charge >= 0.3 is 0 Å². The first kappa shape index (κ1) is 20.5. The van der Waals surface area contributed by atoms with Crippen LogP contribution < -0.4 is 0 Å². The Balaban J connectivity index is 0.00000127. The third-order valence-electron chi connectivity index (χ3n) is 7.22. The SMILES string of the molecule is CC.CCC1(C)CCCC2(C)C(C)=C(/C=C(\C)C(C)C)CCC12. The maximum atomic E-state index is 2.57. The van der Waals surface area contributed by atoms with E-state index in [9.17, 15) is 0 Å². The first-order valence-electron chi connectivity index (χ1n) is 10.1. The maximum Gasteiger partial charge on any atom is -0.00798 e. The Kier molecular flexibility index (Phi) is 7.17. The van der Waals surface area contributed by atoms with E-state index in [2.05, 4.69) is 54.5 Å². The second kappa shape index (κ2) is 8.04. The second-order valence-electron chi connectivity index (χ2n) is 8.56. The van der Waals surface area contributed by atoms with Gasteiger partial charge in [0.1, 0.15) is 0 Å². The van der Waals surface area contributed by atoms with E-state index in [1.807, 2.05) is 13.8 Å². The highest BCUT2D eigenvalue weighted by molar-refractivity contribution is 5.35. The lowest BCUT2D eigenvalue weighted by molar-refractivity contribution is -0.00265.